The summed E-state index contributed by atoms with van der Waals surface area (Å²) in [6, 6.07) is -0.436. The number of rotatable bonds is 7. The van der Waals surface area contributed by atoms with E-state index in [4.69, 9.17) is 5.73 Å². The number of likely N-dealkylation sites (tertiary alicyclic amines) is 1. The van der Waals surface area contributed by atoms with Crippen molar-refractivity contribution in [1.29, 1.82) is 0 Å². The van der Waals surface area contributed by atoms with Gasteiger partial charge in [0.1, 0.15) is 6.04 Å². The van der Waals surface area contributed by atoms with Crippen molar-refractivity contribution >= 4 is 11.8 Å². The highest BCUT2D eigenvalue weighted by molar-refractivity contribution is 5.90. The molecule has 3 aliphatic rings. The molecule has 6 nitrogen and oxygen atoms in total. The van der Waals surface area contributed by atoms with Crippen molar-refractivity contribution in [1.82, 2.24) is 15.1 Å². The first-order valence-corrected chi connectivity index (χ1v) is 11.3. The van der Waals surface area contributed by atoms with Crippen LogP contribution in [0.1, 0.15) is 65.7 Å². The van der Waals surface area contributed by atoms with Gasteiger partial charge in [-0.1, -0.05) is 33.6 Å². The van der Waals surface area contributed by atoms with Crippen molar-refractivity contribution in [2.24, 2.45) is 23.0 Å². The molecule has 6 heteroatoms. The Morgan fingerprint density at radius 3 is 2.39 bits per heavy atom. The van der Waals surface area contributed by atoms with Crippen LogP contribution in [0.3, 0.4) is 0 Å². The lowest BCUT2D eigenvalue weighted by Gasteiger charge is -2.42. The standard InChI is InChI=1S/C22H40N4O2/c1-22(2,3)15-18-20(27)26(13-10-24-18)19(14-17-4-5-17)21(28)25-11-7-16(6-9-23)8-12-25/h16-19,24H,4-15,23H2,1-3H3/t18-,19?/m0/s1. The van der Waals surface area contributed by atoms with Gasteiger partial charge in [0, 0.05) is 26.2 Å². The Morgan fingerprint density at radius 2 is 1.82 bits per heavy atom. The first-order chi connectivity index (χ1) is 13.3. The minimum Gasteiger partial charge on any atom is -0.341 e. The predicted molar refractivity (Wildman–Crippen MR) is 112 cm³/mol. The second kappa shape index (κ2) is 9.12. The second-order valence-corrected chi connectivity index (χ2v) is 10.3. The van der Waals surface area contributed by atoms with E-state index in [0.29, 0.717) is 18.4 Å². The van der Waals surface area contributed by atoms with Gasteiger partial charge in [-0.25, -0.2) is 0 Å². The molecule has 0 aromatic rings. The third kappa shape index (κ3) is 5.69. The van der Waals surface area contributed by atoms with E-state index in [9.17, 15) is 9.59 Å². The number of hydrogen-bond acceptors (Lipinski definition) is 4. The van der Waals surface area contributed by atoms with E-state index in [1.165, 1.54) is 12.8 Å². The fraction of sp³-hybridized carbons (Fsp3) is 0.909. The molecule has 0 radical (unpaired) electrons. The minimum absolute atomic E-state index is 0.0806. The van der Waals surface area contributed by atoms with E-state index in [0.717, 1.165) is 58.3 Å². The Balaban J connectivity index is 1.67. The molecule has 0 bridgehead atoms. The van der Waals surface area contributed by atoms with Gasteiger partial charge in [0.2, 0.25) is 11.8 Å². The number of hydrogen-bond donors (Lipinski definition) is 2. The van der Waals surface area contributed by atoms with Gasteiger partial charge in [0.05, 0.1) is 6.04 Å². The maximum atomic E-state index is 13.4. The van der Waals surface area contributed by atoms with Gasteiger partial charge in [-0.15, -0.1) is 0 Å². The zero-order valence-electron chi connectivity index (χ0n) is 18.1. The van der Waals surface area contributed by atoms with Crippen LogP contribution in [0.2, 0.25) is 0 Å². The van der Waals surface area contributed by atoms with Gasteiger partial charge in [-0.2, -0.15) is 0 Å². The van der Waals surface area contributed by atoms with Gasteiger partial charge >= 0.3 is 0 Å². The van der Waals surface area contributed by atoms with Crippen molar-refractivity contribution in [3.05, 3.63) is 0 Å². The van der Waals surface area contributed by atoms with Crippen LogP contribution in [-0.4, -0.2) is 66.4 Å². The Bertz CT molecular complexity index is 547. The van der Waals surface area contributed by atoms with Gasteiger partial charge in [0.15, 0.2) is 0 Å². The summed E-state index contributed by atoms with van der Waals surface area (Å²) in [4.78, 5) is 30.6. The average Bonchev–Trinajstić information content (AvgIpc) is 3.45. The normalized spacial score (nSPS) is 25.9. The topological polar surface area (TPSA) is 78.7 Å². The number of carbonyl (C=O) groups excluding carboxylic acids is 2. The predicted octanol–water partition coefficient (Wildman–Crippen LogP) is 1.98. The molecule has 2 atom stereocenters. The molecule has 0 aromatic heterocycles. The summed E-state index contributed by atoms with van der Waals surface area (Å²) < 4.78 is 0. The van der Waals surface area contributed by atoms with Crippen LogP contribution in [-0.2, 0) is 9.59 Å². The van der Waals surface area contributed by atoms with Gasteiger partial charge in [0.25, 0.3) is 0 Å². The number of nitrogens with zero attached hydrogens (tertiary/aromatic N) is 2. The number of nitrogens with one attached hydrogen (secondary N) is 1. The molecule has 1 aliphatic carbocycles. The molecule has 2 heterocycles. The molecule has 0 spiro atoms. The summed E-state index contributed by atoms with van der Waals surface area (Å²) in [7, 11) is 0. The summed E-state index contributed by atoms with van der Waals surface area (Å²) in [5, 5.41) is 3.39. The summed E-state index contributed by atoms with van der Waals surface area (Å²) in [6.07, 6.45) is 7.19. The first-order valence-electron chi connectivity index (χ1n) is 11.3. The number of amides is 2. The largest absolute Gasteiger partial charge is 0.341 e. The van der Waals surface area contributed by atoms with E-state index >= 15 is 0 Å². The van der Waals surface area contributed by atoms with Crippen LogP contribution in [0.25, 0.3) is 0 Å². The monoisotopic (exact) mass is 392 g/mol. The average molecular weight is 393 g/mol. The van der Waals surface area contributed by atoms with Crippen LogP contribution >= 0.6 is 0 Å². The molecule has 160 valence electrons. The summed E-state index contributed by atoms with van der Waals surface area (Å²) >= 11 is 0. The van der Waals surface area contributed by atoms with E-state index < -0.39 is 0 Å². The lowest BCUT2D eigenvalue weighted by Crippen LogP contribution is -2.62. The highest BCUT2D eigenvalue weighted by Gasteiger charge is 2.42. The van der Waals surface area contributed by atoms with Crippen LogP contribution in [0.5, 0.6) is 0 Å². The number of piperazine rings is 1. The zero-order chi connectivity index (χ0) is 20.3. The molecule has 3 rings (SSSR count). The third-order valence-corrected chi connectivity index (χ3v) is 6.56. The molecule has 2 amide bonds. The Labute approximate surface area is 170 Å². The molecular formula is C22H40N4O2. The molecule has 1 unspecified atom stereocenters. The number of piperidine rings is 1. The molecule has 28 heavy (non-hydrogen) atoms. The lowest BCUT2D eigenvalue weighted by molar-refractivity contribution is -0.150. The number of nitrogens with two attached hydrogens (primary N) is 1. The molecule has 2 saturated heterocycles. The lowest BCUT2D eigenvalue weighted by atomic mass is 9.86. The molecular weight excluding hydrogens is 352 g/mol. The van der Waals surface area contributed by atoms with Crippen molar-refractivity contribution in [3.8, 4) is 0 Å². The molecule has 2 aliphatic heterocycles. The fourth-order valence-electron chi connectivity index (χ4n) is 4.76. The van der Waals surface area contributed by atoms with Gasteiger partial charge in [-0.3, -0.25) is 9.59 Å². The molecule has 1 saturated carbocycles. The highest BCUT2D eigenvalue weighted by atomic mass is 16.2. The summed E-state index contributed by atoms with van der Waals surface area (Å²) in [6.45, 7) is 10.3. The van der Waals surface area contributed by atoms with Gasteiger partial charge in [-0.05, 0) is 55.9 Å². The maximum Gasteiger partial charge on any atom is 0.245 e. The summed E-state index contributed by atoms with van der Waals surface area (Å²) in [5.74, 6) is 1.57. The van der Waals surface area contributed by atoms with E-state index in [2.05, 4.69) is 26.1 Å². The van der Waals surface area contributed by atoms with Crippen molar-refractivity contribution in [2.75, 3.05) is 32.7 Å². The van der Waals surface area contributed by atoms with E-state index in [1.54, 1.807) is 0 Å². The fourth-order valence-corrected chi connectivity index (χ4v) is 4.76. The Morgan fingerprint density at radius 1 is 1.14 bits per heavy atom. The van der Waals surface area contributed by atoms with E-state index in [-0.39, 0.29) is 29.3 Å². The summed E-state index contributed by atoms with van der Waals surface area (Å²) in [5.41, 5.74) is 5.78. The van der Waals surface area contributed by atoms with E-state index in [1.807, 2.05) is 9.80 Å². The minimum atomic E-state index is -0.268. The smallest absolute Gasteiger partial charge is 0.245 e. The van der Waals surface area contributed by atoms with Crippen molar-refractivity contribution in [3.63, 3.8) is 0 Å². The van der Waals surface area contributed by atoms with Crippen LogP contribution in [0.4, 0.5) is 0 Å². The highest BCUT2D eigenvalue weighted by Crippen LogP contribution is 2.36. The number of carbonyl (C=O) groups is 2. The Hall–Kier alpha value is -1.14. The first kappa shape index (κ1) is 21.6. The van der Waals surface area contributed by atoms with Crippen LogP contribution < -0.4 is 11.1 Å². The second-order valence-electron chi connectivity index (χ2n) is 10.3. The van der Waals surface area contributed by atoms with Crippen molar-refractivity contribution < 1.29 is 9.59 Å². The van der Waals surface area contributed by atoms with Gasteiger partial charge < -0.3 is 20.9 Å². The molecule has 3 fully saturated rings. The SMILES string of the molecule is CC(C)(C)C[C@@H]1NCCN(C(CC2CC2)C(=O)N2CCC(CCN)CC2)C1=O. The zero-order valence-corrected chi connectivity index (χ0v) is 18.1. The third-order valence-electron chi connectivity index (χ3n) is 6.56. The molecule has 0 aromatic carbocycles. The van der Waals surface area contributed by atoms with Crippen molar-refractivity contribution in [2.45, 2.75) is 77.8 Å². The Kier molecular flexibility index (Phi) is 7.02. The molecule has 3 N–H and O–H groups in total. The van der Waals surface area contributed by atoms with Crippen LogP contribution in [0, 0.1) is 17.3 Å². The van der Waals surface area contributed by atoms with Crippen LogP contribution in [0.15, 0.2) is 0 Å². The maximum absolute atomic E-state index is 13.4. The quantitative estimate of drug-likeness (QED) is 0.694.